The maximum Gasteiger partial charge on any atom is 0.267 e. The zero-order valence-corrected chi connectivity index (χ0v) is 15.7. The Kier molecular flexibility index (Phi) is 6.14. The minimum absolute atomic E-state index is 0.0825. The highest BCUT2D eigenvalue weighted by molar-refractivity contribution is 6.00. The van der Waals surface area contributed by atoms with Gasteiger partial charge < -0.3 is 19.9 Å². The number of piperidine rings is 1. The highest BCUT2D eigenvalue weighted by atomic mass is 16.5. The van der Waals surface area contributed by atoms with E-state index in [1.807, 2.05) is 29.2 Å². The van der Waals surface area contributed by atoms with Gasteiger partial charge in [0, 0.05) is 26.1 Å². The van der Waals surface area contributed by atoms with E-state index >= 15 is 0 Å². The average molecular weight is 359 g/mol. The van der Waals surface area contributed by atoms with Crippen molar-refractivity contribution in [2.24, 2.45) is 5.92 Å². The lowest BCUT2D eigenvalue weighted by Crippen LogP contribution is -2.47. The van der Waals surface area contributed by atoms with Crippen LogP contribution in [0.15, 0.2) is 24.3 Å². The van der Waals surface area contributed by atoms with Crippen molar-refractivity contribution >= 4 is 17.5 Å². The summed E-state index contributed by atoms with van der Waals surface area (Å²) in [5.41, 5.74) is 0.757. The molecule has 6 heteroatoms. The molecule has 2 amide bonds. The van der Waals surface area contributed by atoms with E-state index in [0.717, 1.165) is 44.7 Å². The second kappa shape index (κ2) is 8.54. The summed E-state index contributed by atoms with van der Waals surface area (Å²) in [6.07, 6.45) is 1.94. The second-order valence-corrected chi connectivity index (χ2v) is 7.10. The molecule has 6 nitrogen and oxygen atoms in total. The molecule has 0 aliphatic carbocycles. The molecule has 26 heavy (non-hydrogen) atoms. The molecule has 1 aromatic rings. The van der Waals surface area contributed by atoms with Gasteiger partial charge in [-0.3, -0.25) is 9.59 Å². The number of benzene rings is 1. The van der Waals surface area contributed by atoms with Gasteiger partial charge in [-0.05, 0) is 50.9 Å². The quantitative estimate of drug-likeness (QED) is 0.844. The summed E-state index contributed by atoms with van der Waals surface area (Å²) >= 11 is 0. The van der Waals surface area contributed by atoms with Gasteiger partial charge in [-0.15, -0.1) is 0 Å². The number of likely N-dealkylation sites (tertiary alicyclic amines) is 1. The van der Waals surface area contributed by atoms with Crippen molar-refractivity contribution in [3.8, 4) is 5.75 Å². The predicted molar refractivity (Wildman–Crippen MR) is 101 cm³/mol. The van der Waals surface area contributed by atoms with E-state index in [0.29, 0.717) is 24.6 Å². The van der Waals surface area contributed by atoms with Gasteiger partial charge in [0.15, 0.2) is 6.10 Å². The Morgan fingerprint density at radius 2 is 2.00 bits per heavy atom. The Bertz CT molecular complexity index is 641. The molecule has 142 valence electrons. The van der Waals surface area contributed by atoms with Gasteiger partial charge in [-0.2, -0.15) is 0 Å². The summed E-state index contributed by atoms with van der Waals surface area (Å²) < 4.78 is 5.65. The average Bonchev–Trinajstić information content (AvgIpc) is 2.67. The molecular formula is C20H29N3O3. The second-order valence-electron chi connectivity index (χ2n) is 7.10. The van der Waals surface area contributed by atoms with Crippen molar-refractivity contribution in [2.75, 3.05) is 37.6 Å². The summed E-state index contributed by atoms with van der Waals surface area (Å²) in [4.78, 5) is 28.7. The summed E-state index contributed by atoms with van der Waals surface area (Å²) in [6, 6.07) is 7.51. The van der Waals surface area contributed by atoms with E-state index in [1.54, 1.807) is 11.8 Å². The van der Waals surface area contributed by atoms with Crippen molar-refractivity contribution in [2.45, 2.75) is 39.2 Å². The van der Waals surface area contributed by atoms with E-state index < -0.39 is 6.10 Å². The van der Waals surface area contributed by atoms with Crippen LogP contribution >= 0.6 is 0 Å². The lowest BCUT2D eigenvalue weighted by atomic mass is 9.96. The minimum atomic E-state index is -0.512. The predicted octanol–water partition coefficient (Wildman–Crippen LogP) is 2.04. The van der Waals surface area contributed by atoms with Crippen LogP contribution in [-0.4, -0.2) is 55.5 Å². The molecule has 1 unspecified atom stereocenters. The lowest BCUT2D eigenvalue weighted by molar-refractivity contribution is -0.132. The summed E-state index contributed by atoms with van der Waals surface area (Å²) in [5.74, 6) is 1.42. The first-order chi connectivity index (χ1) is 12.6. The summed E-state index contributed by atoms with van der Waals surface area (Å²) in [5, 5.41) is 3.39. The third-order valence-electron chi connectivity index (χ3n) is 5.27. The number of fused-ring (bicyclic) bond motifs is 1. The van der Waals surface area contributed by atoms with Crippen LogP contribution in [0.25, 0.3) is 0 Å². The fourth-order valence-corrected chi connectivity index (χ4v) is 3.69. The first kappa shape index (κ1) is 18.7. The monoisotopic (exact) mass is 359 g/mol. The largest absolute Gasteiger partial charge is 0.479 e. The zero-order valence-electron chi connectivity index (χ0n) is 15.7. The van der Waals surface area contributed by atoms with Crippen LogP contribution in [0.5, 0.6) is 5.75 Å². The number of amides is 2. The Labute approximate surface area is 155 Å². The molecule has 1 aromatic carbocycles. The van der Waals surface area contributed by atoms with Gasteiger partial charge in [0.25, 0.3) is 5.91 Å². The molecular weight excluding hydrogens is 330 g/mol. The number of para-hydroxylation sites is 2. The normalized spacial score (nSPS) is 20.7. The number of rotatable bonds is 6. The van der Waals surface area contributed by atoms with E-state index in [9.17, 15) is 9.59 Å². The molecule has 1 N–H and O–H groups in total. The fraction of sp³-hybridized carbons (Fsp3) is 0.600. The van der Waals surface area contributed by atoms with Crippen molar-refractivity contribution in [3.05, 3.63) is 24.3 Å². The molecule has 2 heterocycles. The first-order valence-electron chi connectivity index (χ1n) is 9.65. The van der Waals surface area contributed by atoms with E-state index in [1.165, 1.54) is 0 Å². The minimum Gasteiger partial charge on any atom is -0.479 e. The topological polar surface area (TPSA) is 61.9 Å². The summed E-state index contributed by atoms with van der Waals surface area (Å²) in [6.45, 7) is 7.94. The molecule has 2 aliphatic rings. The number of carbonyl (C=O) groups excluding carboxylic acids is 2. The molecule has 0 aromatic heterocycles. The van der Waals surface area contributed by atoms with Gasteiger partial charge in [0.2, 0.25) is 5.91 Å². The fourth-order valence-electron chi connectivity index (χ4n) is 3.69. The van der Waals surface area contributed by atoms with Crippen LogP contribution in [0.3, 0.4) is 0 Å². The molecule has 0 bridgehead atoms. The van der Waals surface area contributed by atoms with Gasteiger partial charge >= 0.3 is 0 Å². The number of carbonyl (C=O) groups is 2. The van der Waals surface area contributed by atoms with E-state index in [4.69, 9.17) is 4.74 Å². The Hall–Kier alpha value is -2.08. The van der Waals surface area contributed by atoms with Gasteiger partial charge in [0.1, 0.15) is 5.75 Å². The van der Waals surface area contributed by atoms with Crippen molar-refractivity contribution < 1.29 is 14.3 Å². The van der Waals surface area contributed by atoms with Gasteiger partial charge in [-0.1, -0.05) is 19.1 Å². The SMILES string of the molecule is CCNCC1CCN(C(=O)CCN2C(=O)C(C)Oc3ccccc32)CC1. The third kappa shape index (κ3) is 4.18. The molecule has 2 aliphatic heterocycles. The summed E-state index contributed by atoms with van der Waals surface area (Å²) in [7, 11) is 0. The molecule has 3 rings (SSSR count). The Morgan fingerprint density at radius 3 is 2.73 bits per heavy atom. The first-order valence-corrected chi connectivity index (χ1v) is 9.65. The van der Waals surface area contributed by atoms with E-state index in [-0.39, 0.29) is 11.8 Å². The van der Waals surface area contributed by atoms with E-state index in [2.05, 4.69) is 12.2 Å². The van der Waals surface area contributed by atoms with Crippen LogP contribution in [0.4, 0.5) is 5.69 Å². The van der Waals surface area contributed by atoms with Crippen molar-refractivity contribution in [1.82, 2.24) is 10.2 Å². The lowest BCUT2D eigenvalue weighted by Gasteiger charge is -2.35. The Balaban J connectivity index is 1.54. The molecule has 0 radical (unpaired) electrons. The maximum atomic E-state index is 12.6. The smallest absolute Gasteiger partial charge is 0.267 e. The molecule has 1 fully saturated rings. The zero-order chi connectivity index (χ0) is 18.5. The number of nitrogens with one attached hydrogen (secondary N) is 1. The van der Waals surface area contributed by atoms with Gasteiger partial charge in [-0.25, -0.2) is 0 Å². The number of anilines is 1. The molecule has 0 saturated carbocycles. The van der Waals surface area contributed by atoms with Crippen LogP contribution in [0.2, 0.25) is 0 Å². The number of nitrogens with zero attached hydrogens (tertiary/aromatic N) is 2. The van der Waals surface area contributed by atoms with Crippen LogP contribution in [0.1, 0.15) is 33.1 Å². The van der Waals surface area contributed by atoms with Crippen molar-refractivity contribution in [1.29, 1.82) is 0 Å². The Morgan fingerprint density at radius 1 is 1.27 bits per heavy atom. The van der Waals surface area contributed by atoms with Crippen molar-refractivity contribution in [3.63, 3.8) is 0 Å². The number of hydrogen-bond donors (Lipinski definition) is 1. The molecule has 1 saturated heterocycles. The number of ether oxygens (including phenoxy) is 1. The molecule has 0 spiro atoms. The number of hydrogen-bond acceptors (Lipinski definition) is 4. The van der Waals surface area contributed by atoms with Crippen LogP contribution < -0.4 is 15.0 Å². The third-order valence-corrected chi connectivity index (χ3v) is 5.27. The standard InChI is InChI=1S/C20H29N3O3/c1-3-21-14-16-8-11-22(12-9-16)19(24)10-13-23-17-6-4-5-7-18(17)26-15(2)20(23)25/h4-7,15-16,21H,3,8-14H2,1-2H3. The van der Waals surface area contributed by atoms with Crippen LogP contribution in [0, 0.1) is 5.92 Å². The molecule has 1 atom stereocenters. The van der Waals surface area contributed by atoms with Crippen LogP contribution in [-0.2, 0) is 9.59 Å². The highest BCUT2D eigenvalue weighted by Crippen LogP contribution is 2.33. The van der Waals surface area contributed by atoms with Gasteiger partial charge in [0.05, 0.1) is 5.69 Å². The highest BCUT2D eigenvalue weighted by Gasteiger charge is 2.32. The maximum absolute atomic E-state index is 12.6.